The molecule has 0 N–H and O–H groups in total. The van der Waals surface area contributed by atoms with E-state index in [1.54, 1.807) is 11.8 Å². The number of para-hydroxylation sites is 3. The van der Waals surface area contributed by atoms with Crippen LogP contribution in [0.3, 0.4) is 0 Å². The summed E-state index contributed by atoms with van der Waals surface area (Å²) >= 11 is 1.58. The van der Waals surface area contributed by atoms with Crippen LogP contribution in [0.25, 0.3) is 27.6 Å². The lowest BCUT2D eigenvalue weighted by molar-refractivity contribution is 0.383. The largest absolute Gasteiger partial charge is 0.338 e. The van der Waals surface area contributed by atoms with Crippen molar-refractivity contribution >= 4 is 39.3 Å². The third-order valence-electron chi connectivity index (χ3n) is 4.44. The highest BCUT2D eigenvalue weighted by molar-refractivity contribution is 7.98. The van der Waals surface area contributed by atoms with E-state index in [1.165, 1.54) is 0 Å². The van der Waals surface area contributed by atoms with E-state index in [0.717, 1.165) is 38.6 Å². The number of nitrogens with zero attached hydrogens (tertiary/aromatic N) is 5. The van der Waals surface area contributed by atoms with E-state index in [2.05, 4.69) is 26.7 Å². The fraction of sp³-hybridized carbons (Fsp3) is 0.200. The molecular weight excluding hydrogens is 358 g/mol. The lowest BCUT2D eigenvalue weighted by atomic mass is 10.2. The van der Waals surface area contributed by atoms with E-state index in [-0.39, 0.29) is 5.92 Å². The Hall–Kier alpha value is -2.93. The molecular formula is C20H17N5OS. The molecule has 0 atom stereocenters. The van der Waals surface area contributed by atoms with Gasteiger partial charge in [0.1, 0.15) is 5.65 Å². The van der Waals surface area contributed by atoms with Crippen LogP contribution >= 0.6 is 11.8 Å². The second-order valence-electron chi connectivity index (χ2n) is 6.66. The van der Waals surface area contributed by atoms with Gasteiger partial charge in [0, 0.05) is 11.3 Å². The molecule has 0 radical (unpaired) electrons. The quantitative estimate of drug-likeness (QED) is 0.331. The highest BCUT2D eigenvalue weighted by Gasteiger charge is 2.16. The molecule has 0 aliphatic rings. The Labute approximate surface area is 159 Å². The first-order valence-corrected chi connectivity index (χ1v) is 9.80. The van der Waals surface area contributed by atoms with Gasteiger partial charge >= 0.3 is 0 Å². The Morgan fingerprint density at radius 2 is 1.74 bits per heavy atom. The highest BCUT2D eigenvalue weighted by Crippen LogP contribution is 2.30. The van der Waals surface area contributed by atoms with Crippen molar-refractivity contribution in [2.75, 3.05) is 0 Å². The first-order chi connectivity index (χ1) is 13.2. The SMILES string of the molecule is CC(C)c1noc(CSc2nc3ccccc3c3nc4ccccc4n23)n1. The predicted octanol–water partition coefficient (Wildman–Crippen LogP) is 4.83. The Balaban J connectivity index is 1.65. The van der Waals surface area contributed by atoms with Gasteiger partial charge < -0.3 is 4.52 Å². The maximum absolute atomic E-state index is 5.38. The molecule has 0 bridgehead atoms. The summed E-state index contributed by atoms with van der Waals surface area (Å²) in [5, 5.41) is 5.94. The molecule has 0 aliphatic carbocycles. The van der Waals surface area contributed by atoms with Crippen LogP contribution in [0.5, 0.6) is 0 Å². The van der Waals surface area contributed by atoms with Crippen molar-refractivity contribution in [1.29, 1.82) is 0 Å². The van der Waals surface area contributed by atoms with Crippen molar-refractivity contribution in [2.45, 2.75) is 30.7 Å². The third kappa shape index (κ3) is 2.75. The summed E-state index contributed by atoms with van der Waals surface area (Å²) < 4.78 is 7.49. The first kappa shape index (κ1) is 16.3. The molecule has 0 saturated heterocycles. The fourth-order valence-electron chi connectivity index (χ4n) is 3.10. The van der Waals surface area contributed by atoms with Crippen molar-refractivity contribution in [1.82, 2.24) is 24.5 Å². The smallest absolute Gasteiger partial charge is 0.237 e. The minimum atomic E-state index is 0.246. The van der Waals surface area contributed by atoms with Gasteiger partial charge in [-0.3, -0.25) is 4.40 Å². The van der Waals surface area contributed by atoms with E-state index in [0.29, 0.717) is 11.6 Å². The zero-order valence-corrected chi connectivity index (χ0v) is 15.8. The molecule has 3 heterocycles. The van der Waals surface area contributed by atoms with Gasteiger partial charge in [-0.15, -0.1) is 0 Å². The number of benzene rings is 2. The molecule has 134 valence electrons. The zero-order valence-electron chi connectivity index (χ0n) is 15.0. The Bertz CT molecular complexity index is 1270. The number of fused-ring (bicyclic) bond motifs is 5. The molecule has 0 aliphatic heterocycles. The summed E-state index contributed by atoms with van der Waals surface area (Å²) in [6.07, 6.45) is 0. The molecule has 0 fully saturated rings. The van der Waals surface area contributed by atoms with Crippen molar-refractivity contribution in [3.63, 3.8) is 0 Å². The summed E-state index contributed by atoms with van der Waals surface area (Å²) in [4.78, 5) is 14.2. The van der Waals surface area contributed by atoms with Gasteiger partial charge in [-0.25, -0.2) is 9.97 Å². The van der Waals surface area contributed by atoms with E-state index in [9.17, 15) is 0 Å². The van der Waals surface area contributed by atoms with Gasteiger partial charge in [-0.05, 0) is 24.3 Å². The van der Waals surface area contributed by atoms with Crippen molar-refractivity contribution in [3.05, 3.63) is 60.2 Å². The van der Waals surface area contributed by atoms with Crippen LogP contribution in [0.4, 0.5) is 0 Å². The molecule has 6 nitrogen and oxygen atoms in total. The van der Waals surface area contributed by atoms with Gasteiger partial charge in [-0.1, -0.05) is 55.0 Å². The summed E-state index contributed by atoms with van der Waals surface area (Å²) in [7, 11) is 0. The Kier molecular flexibility index (Phi) is 3.82. The molecule has 2 aromatic carbocycles. The molecule has 7 heteroatoms. The number of hydrogen-bond acceptors (Lipinski definition) is 6. The maximum atomic E-state index is 5.38. The van der Waals surface area contributed by atoms with Gasteiger partial charge in [0.15, 0.2) is 11.0 Å². The van der Waals surface area contributed by atoms with Crippen molar-refractivity contribution in [3.8, 4) is 0 Å². The predicted molar refractivity (Wildman–Crippen MR) is 106 cm³/mol. The number of thioether (sulfide) groups is 1. The van der Waals surface area contributed by atoms with Crippen LogP contribution in [0.1, 0.15) is 31.5 Å². The Morgan fingerprint density at radius 3 is 2.56 bits per heavy atom. The summed E-state index contributed by atoms with van der Waals surface area (Å²) in [6, 6.07) is 16.2. The monoisotopic (exact) mass is 375 g/mol. The highest BCUT2D eigenvalue weighted by atomic mass is 32.2. The van der Waals surface area contributed by atoms with E-state index >= 15 is 0 Å². The lowest BCUT2D eigenvalue weighted by Crippen LogP contribution is -1.97. The van der Waals surface area contributed by atoms with E-state index < -0.39 is 0 Å². The van der Waals surface area contributed by atoms with Crippen LogP contribution in [0.15, 0.2) is 58.2 Å². The molecule has 5 aromatic rings. The zero-order chi connectivity index (χ0) is 18.4. The number of aromatic nitrogens is 5. The van der Waals surface area contributed by atoms with Crippen LogP contribution in [0.2, 0.25) is 0 Å². The minimum Gasteiger partial charge on any atom is -0.338 e. The lowest BCUT2D eigenvalue weighted by Gasteiger charge is -2.07. The molecule has 0 spiro atoms. The molecule has 0 saturated carbocycles. The first-order valence-electron chi connectivity index (χ1n) is 8.82. The molecule has 27 heavy (non-hydrogen) atoms. The number of hydrogen-bond donors (Lipinski definition) is 0. The van der Waals surface area contributed by atoms with Crippen LogP contribution in [-0.4, -0.2) is 24.5 Å². The van der Waals surface area contributed by atoms with Crippen LogP contribution in [-0.2, 0) is 5.75 Å². The molecule has 3 aromatic heterocycles. The average Bonchev–Trinajstić information content (AvgIpc) is 3.31. The van der Waals surface area contributed by atoms with Gasteiger partial charge in [0.05, 0.1) is 22.3 Å². The summed E-state index contributed by atoms with van der Waals surface area (Å²) in [5.74, 6) is 2.15. The third-order valence-corrected chi connectivity index (χ3v) is 5.36. The van der Waals surface area contributed by atoms with Gasteiger partial charge in [0.2, 0.25) is 5.89 Å². The fourth-order valence-corrected chi connectivity index (χ4v) is 3.94. The molecule has 0 amide bonds. The van der Waals surface area contributed by atoms with E-state index in [1.807, 2.05) is 50.2 Å². The number of imidazole rings is 1. The van der Waals surface area contributed by atoms with Crippen LogP contribution < -0.4 is 0 Å². The summed E-state index contributed by atoms with van der Waals surface area (Å²) in [5.41, 5.74) is 3.84. The van der Waals surface area contributed by atoms with Crippen molar-refractivity contribution in [2.24, 2.45) is 0 Å². The number of rotatable bonds is 4. The average molecular weight is 375 g/mol. The standard InChI is InChI=1S/C20H17N5OS/c1-12(2)18-23-17(26-24-18)11-27-20-22-14-8-4-3-7-13(14)19-21-15-9-5-6-10-16(15)25(19)20/h3-10,12H,11H2,1-2H3. The van der Waals surface area contributed by atoms with E-state index in [4.69, 9.17) is 14.5 Å². The molecule has 0 unspecified atom stereocenters. The second kappa shape index (κ2) is 6.35. The van der Waals surface area contributed by atoms with Gasteiger partial charge in [0.25, 0.3) is 0 Å². The topological polar surface area (TPSA) is 69.1 Å². The van der Waals surface area contributed by atoms with Crippen molar-refractivity contribution < 1.29 is 4.52 Å². The van der Waals surface area contributed by atoms with Crippen LogP contribution in [0, 0.1) is 0 Å². The summed E-state index contributed by atoms with van der Waals surface area (Å²) in [6.45, 7) is 4.10. The Morgan fingerprint density at radius 1 is 0.963 bits per heavy atom. The minimum absolute atomic E-state index is 0.246. The maximum Gasteiger partial charge on any atom is 0.237 e. The normalized spacial score (nSPS) is 12.0. The molecule has 5 rings (SSSR count). The van der Waals surface area contributed by atoms with Gasteiger partial charge in [-0.2, -0.15) is 4.98 Å². The second-order valence-corrected chi connectivity index (χ2v) is 7.60.